The van der Waals surface area contributed by atoms with Crippen LogP contribution in [-0.4, -0.2) is 9.55 Å². The first kappa shape index (κ1) is 9.70. The highest BCUT2D eigenvalue weighted by molar-refractivity contribution is 5.81. The van der Waals surface area contributed by atoms with Gasteiger partial charge in [0, 0.05) is 18.4 Å². The van der Waals surface area contributed by atoms with Gasteiger partial charge in [-0.1, -0.05) is 12.8 Å². The van der Waals surface area contributed by atoms with Gasteiger partial charge in [-0.05, 0) is 31.4 Å². The molecule has 2 aromatic heterocycles. The summed E-state index contributed by atoms with van der Waals surface area (Å²) in [4.78, 5) is 15.4. The van der Waals surface area contributed by atoms with Crippen LogP contribution < -0.4 is 5.56 Å². The topological polar surface area (TPSA) is 37.8 Å². The Morgan fingerprint density at radius 2 is 2.12 bits per heavy atom. The molecule has 84 valence electrons. The van der Waals surface area contributed by atoms with Crippen LogP contribution in [0.25, 0.3) is 10.9 Å². The first-order valence-corrected chi connectivity index (χ1v) is 5.96. The maximum atomic E-state index is 12.3. The molecule has 1 saturated carbocycles. The second-order valence-corrected chi connectivity index (χ2v) is 4.73. The Hall–Kier alpha value is -1.51. The quantitative estimate of drug-likeness (QED) is 0.782. The number of nitrogens with one attached hydrogen (secondary N) is 1. The summed E-state index contributed by atoms with van der Waals surface area (Å²) in [5.74, 6) is 0. The molecule has 0 bridgehead atoms. The lowest BCUT2D eigenvalue weighted by Crippen LogP contribution is -2.23. The van der Waals surface area contributed by atoms with E-state index in [9.17, 15) is 4.79 Å². The number of fused-ring (bicyclic) bond motifs is 1. The van der Waals surface area contributed by atoms with E-state index in [1.54, 1.807) is 0 Å². The van der Waals surface area contributed by atoms with E-state index in [2.05, 4.69) is 11.9 Å². The molecule has 1 aliphatic carbocycles. The van der Waals surface area contributed by atoms with Crippen molar-refractivity contribution in [2.75, 3.05) is 0 Å². The van der Waals surface area contributed by atoms with E-state index >= 15 is 0 Å². The molecule has 0 amide bonds. The molecule has 2 aromatic rings. The van der Waals surface area contributed by atoms with Crippen molar-refractivity contribution in [3.8, 4) is 0 Å². The Morgan fingerprint density at radius 1 is 1.38 bits per heavy atom. The average molecular weight is 216 g/mol. The molecule has 1 aliphatic rings. The lowest BCUT2D eigenvalue weighted by atomic mass is 10.2. The van der Waals surface area contributed by atoms with Crippen molar-refractivity contribution in [1.29, 1.82) is 0 Å². The standard InChI is InChI=1S/C13H16N2O/c1-9-8-15(10-4-2-3-5-10)13(16)11-6-7-14-12(9)11/h6-8,10,14H,2-5H2,1H3. The van der Waals surface area contributed by atoms with Gasteiger partial charge in [0.15, 0.2) is 0 Å². The van der Waals surface area contributed by atoms with E-state index in [0.29, 0.717) is 6.04 Å². The van der Waals surface area contributed by atoms with Crippen molar-refractivity contribution in [2.24, 2.45) is 0 Å². The lowest BCUT2D eigenvalue weighted by Gasteiger charge is -2.14. The summed E-state index contributed by atoms with van der Waals surface area (Å²) in [6.07, 6.45) is 8.66. The Balaban J connectivity index is 2.24. The molecule has 16 heavy (non-hydrogen) atoms. The summed E-state index contributed by atoms with van der Waals surface area (Å²) < 4.78 is 1.94. The highest BCUT2D eigenvalue weighted by atomic mass is 16.1. The van der Waals surface area contributed by atoms with Gasteiger partial charge in [0.2, 0.25) is 0 Å². The smallest absolute Gasteiger partial charge is 0.260 e. The Bertz CT molecular complexity index is 573. The second kappa shape index (κ2) is 3.51. The molecule has 0 radical (unpaired) electrons. The Morgan fingerprint density at radius 3 is 2.88 bits per heavy atom. The predicted octanol–water partition coefficient (Wildman–Crippen LogP) is 2.75. The fourth-order valence-corrected chi connectivity index (χ4v) is 2.80. The number of nitrogens with zero attached hydrogens (tertiary/aromatic N) is 1. The zero-order chi connectivity index (χ0) is 11.1. The van der Waals surface area contributed by atoms with Crippen LogP contribution in [-0.2, 0) is 0 Å². The van der Waals surface area contributed by atoms with Crippen LogP contribution in [0.15, 0.2) is 23.3 Å². The fraction of sp³-hybridized carbons (Fsp3) is 0.462. The monoisotopic (exact) mass is 216 g/mol. The minimum absolute atomic E-state index is 0.161. The van der Waals surface area contributed by atoms with Gasteiger partial charge in [0.05, 0.1) is 10.9 Å². The molecule has 0 aromatic carbocycles. The third-order valence-electron chi connectivity index (χ3n) is 3.66. The van der Waals surface area contributed by atoms with E-state index in [-0.39, 0.29) is 5.56 Å². The highest BCUT2D eigenvalue weighted by Gasteiger charge is 2.19. The summed E-state index contributed by atoms with van der Waals surface area (Å²) >= 11 is 0. The van der Waals surface area contributed by atoms with Crippen LogP contribution >= 0.6 is 0 Å². The molecule has 0 saturated heterocycles. The van der Waals surface area contributed by atoms with Crippen LogP contribution in [0.4, 0.5) is 0 Å². The molecule has 3 nitrogen and oxygen atoms in total. The summed E-state index contributed by atoms with van der Waals surface area (Å²) in [6, 6.07) is 2.31. The van der Waals surface area contributed by atoms with Gasteiger partial charge in [0.1, 0.15) is 0 Å². The molecule has 3 rings (SSSR count). The average Bonchev–Trinajstić information content (AvgIpc) is 2.92. The van der Waals surface area contributed by atoms with Crippen molar-refractivity contribution >= 4 is 10.9 Å². The zero-order valence-corrected chi connectivity index (χ0v) is 9.49. The third-order valence-corrected chi connectivity index (χ3v) is 3.66. The lowest BCUT2D eigenvalue weighted by molar-refractivity contribution is 0.504. The van der Waals surface area contributed by atoms with Crippen LogP contribution in [0.5, 0.6) is 0 Å². The largest absolute Gasteiger partial charge is 0.361 e. The number of aryl methyl sites for hydroxylation is 1. The maximum Gasteiger partial charge on any atom is 0.260 e. The number of H-pyrrole nitrogens is 1. The van der Waals surface area contributed by atoms with Crippen molar-refractivity contribution in [3.63, 3.8) is 0 Å². The van der Waals surface area contributed by atoms with Crippen LogP contribution in [0.3, 0.4) is 0 Å². The number of pyridine rings is 1. The minimum Gasteiger partial charge on any atom is -0.361 e. The van der Waals surface area contributed by atoms with E-state index < -0.39 is 0 Å². The minimum atomic E-state index is 0.161. The summed E-state index contributed by atoms with van der Waals surface area (Å²) in [7, 11) is 0. The van der Waals surface area contributed by atoms with Gasteiger partial charge in [-0.3, -0.25) is 4.79 Å². The van der Waals surface area contributed by atoms with Crippen molar-refractivity contribution in [2.45, 2.75) is 38.6 Å². The predicted molar refractivity (Wildman–Crippen MR) is 64.8 cm³/mol. The van der Waals surface area contributed by atoms with Gasteiger partial charge < -0.3 is 9.55 Å². The summed E-state index contributed by atoms with van der Waals surface area (Å²) in [5, 5.41) is 0.826. The maximum absolute atomic E-state index is 12.3. The SMILES string of the molecule is Cc1cn(C2CCCC2)c(=O)c2cc[nH]c12. The van der Waals surface area contributed by atoms with Crippen molar-refractivity contribution in [1.82, 2.24) is 9.55 Å². The van der Waals surface area contributed by atoms with Gasteiger partial charge in [-0.25, -0.2) is 0 Å². The van der Waals surface area contributed by atoms with Crippen LogP contribution in [0.1, 0.15) is 37.3 Å². The first-order chi connectivity index (χ1) is 7.77. The van der Waals surface area contributed by atoms with Crippen molar-refractivity contribution in [3.05, 3.63) is 34.4 Å². The Kier molecular flexibility index (Phi) is 2.13. The summed E-state index contributed by atoms with van der Waals surface area (Å²) in [6.45, 7) is 2.06. The van der Waals surface area contributed by atoms with Gasteiger partial charge in [-0.15, -0.1) is 0 Å². The first-order valence-electron chi connectivity index (χ1n) is 5.96. The zero-order valence-electron chi connectivity index (χ0n) is 9.49. The van der Waals surface area contributed by atoms with E-state index in [4.69, 9.17) is 0 Å². The molecule has 1 fully saturated rings. The molecular weight excluding hydrogens is 200 g/mol. The number of aromatic nitrogens is 2. The molecule has 0 atom stereocenters. The number of rotatable bonds is 1. The molecule has 2 heterocycles. The van der Waals surface area contributed by atoms with Crippen LogP contribution in [0.2, 0.25) is 0 Å². The highest BCUT2D eigenvalue weighted by Crippen LogP contribution is 2.29. The van der Waals surface area contributed by atoms with Crippen LogP contribution in [0, 0.1) is 6.92 Å². The van der Waals surface area contributed by atoms with Gasteiger partial charge in [0.25, 0.3) is 5.56 Å². The van der Waals surface area contributed by atoms with Crippen molar-refractivity contribution < 1.29 is 0 Å². The van der Waals surface area contributed by atoms with Gasteiger partial charge >= 0.3 is 0 Å². The molecule has 3 heteroatoms. The molecule has 0 aliphatic heterocycles. The molecule has 0 spiro atoms. The normalized spacial score (nSPS) is 17.3. The number of aromatic amines is 1. The number of hydrogen-bond donors (Lipinski definition) is 1. The van der Waals surface area contributed by atoms with Gasteiger partial charge in [-0.2, -0.15) is 0 Å². The fourth-order valence-electron chi connectivity index (χ4n) is 2.80. The van der Waals surface area contributed by atoms with E-state index in [1.165, 1.54) is 12.8 Å². The second-order valence-electron chi connectivity index (χ2n) is 4.73. The van der Waals surface area contributed by atoms with E-state index in [0.717, 1.165) is 29.3 Å². The van der Waals surface area contributed by atoms with E-state index in [1.807, 2.05) is 23.0 Å². The Labute approximate surface area is 94.1 Å². The third kappa shape index (κ3) is 1.31. The summed E-state index contributed by atoms with van der Waals surface area (Å²) in [5.41, 5.74) is 2.31. The molecule has 0 unspecified atom stereocenters. The molecular formula is C13H16N2O. The molecule has 1 N–H and O–H groups in total. The number of hydrogen-bond acceptors (Lipinski definition) is 1.